The maximum Gasteiger partial charge on any atom is 0.239 e. The van der Waals surface area contributed by atoms with Crippen LogP contribution in [0.3, 0.4) is 0 Å². The van der Waals surface area contributed by atoms with Gasteiger partial charge in [0.05, 0.1) is 15.0 Å². The lowest BCUT2D eigenvalue weighted by molar-refractivity contribution is -0.116. The van der Waals surface area contributed by atoms with Crippen molar-refractivity contribution < 1.29 is 4.79 Å². The van der Waals surface area contributed by atoms with Crippen molar-refractivity contribution in [3.8, 4) is 0 Å². The maximum atomic E-state index is 11.6. The predicted molar refractivity (Wildman–Crippen MR) is 83.3 cm³/mol. The van der Waals surface area contributed by atoms with E-state index < -0.39 is 0 Å². The molecule has 0 unspecified atom stereocenters. The lowest BCUT2D eigenvalue weighted by atomic mass is 10.1. The Hall–Kier alpha value is -0.140. The van der Waals surface area contributed by atoms with Crippen LogP contribution >= 0.6 is 33.9 Å². The van der Waals surface area contributed by atoms with E-state index in [1.54, 1.807) is 11.3 Å². The normalized spacial score (nSPS) is 11.9. The zero-order valence-corrected chi connectivity index (χ0v) is 13.9. The molecular weight excluding hydrogens is 347 g/mol. The Morgan fingerprint density at radius 3 is 2.53 bits per heavy atom. The number of rotatable bonds is 4. The van der Waals surface area contributed by atoms with Gasteiger partial charge in [0, 0.05) is 4.88 Å². The minimum Gasteiger partial charge on any atom is -0.317 e. The quantitative estimate of drug-likeness (QED) is 0.656. The summed E-state index contributed by atoms with van der Waals surface area (Å²) in [4.78, 5) is 14.8. The van der Waals surface area contributed by atoms with Crippen LogP contribution in [0.4, 0.5) is 5.00 Å². The van der Waals surface area contributed by atoms with Gasteiger partial charge in [-0.2, -0.15) is 0 Å². The monoisotopic (exact) mass is 366 g/mol. The Labute approximate surface area is 121 Å². The highest BCUT2D eigenvalue weighted by molar-refractivity contribution is 14.1. The largest absolute Gasteiger partial charge is 0.317 e. The van der Waals surface area contributed by atoms with Crippen LogP contribution in [-0.4, -0.2) is 31.4 Å². The molecule has 0 aliphatic rings. The van der Waals surface area contributed by atoms with Crippen LogP contribution in [-0.2, 0) is 8.22 Å². The Morgan fingerprint density at radius 2 is 2.12 bits per heavy atom. The molecule has 1 heterocycles. The van der Waals surface area contributed by atoms with E-state index >= 15 is 0 Å². The fourth-order valence-electron chi connectivity index (χ4n) is 1.60. The van der Waals surface area contributed by atoms with Crippen LogP contribution in [0.1, 0.15) is 24.3 Å². The molecule has 1 aromatic heterocycles. The van der Waals surface area contributed by atoms with E-state index in [0.717, 1.165) is 5.00 Å². The number of hydrogen-bond donors (Lipinski definition) is 1. The molecular formula is C12H19IN2OS. The summed E-state index contributed by atoms with van der Waals surface area (Å²) in [7, 11) is 3.78. The Bertz CT molecular complexity index is 407. The molecule has 0 radical (unpaired) electrons. The van der Waals surface area contributed by atoms with Crippen molar-refractivity contribution in [3.63, 3.8) is 0 Å². The van der Waals surface area contributed by atoms with E-state index in [9.17, 15) is 4.79 Å². The third kappa shape index (κ3) is 4.56. The first-order valence-corrected chi connectivity index (χ1v) is 7.34. The van der Waals surface area contributed by atoms with Crippen molar-refractivity contribution >= 4 is 44.8 Å². The molecule has 1 amide bonds. The van der Waals surface area contributed by atoms with Crippen molar-refractivity contribution in [2.45, 2.75) is 24.2 Å². The number of hydrogen-bond acceptors (Lipinski definition) is 3. The number of thiophene rings is 1. The summed E-state index contributed by atoms with van der Waals surface area (Å²) >= 11 is 4.09. The zero-order chi connectivity index (χ0) is 13.2. The standard InChI is InChI=1S/C12H19IN2OS/c1-8-6-10(14-9(16)7-15(4)5)17-11(8)12(2,3)13/h6H,7H2,1-5H3,(H,14,16). The summed E-state index contributed by atoms with van der Waals surface area (Å²) in [6, 6.07) is 2.05. The predicted octanol–water partition coefficient (Wildman–Crippen LogP) is 3.23. The van der Waals surface area contributed by atoms with Crippen LogP contribution in [0, 0.1) is 6.92 Å². The number of aryl methyl sites for hydroxylation is 1. The zero-order valence-electron chi connectivity index (χ0n) is 10.9. The SMILES string of the molecule is Cc1cc(NC(=O)CN(C)C)sc1C(C)(C)I. The third-order valence-electron chi connectivity index (χ3n) is 2.18. The molecule has 0 bridgehead atoms. The molecule has 0 aliphatic carbocycles. The molecule has 1 N–H and O–H groups in total. The van der Waals surface area contributed by atoms with Crippen molar-refractivity contribution in [3.05, 3.63) is 16.5 Å². The number of alkyl halides is 1. The average Bonchev–Trinajstić information content (AvgIpc) is 2.43. The highest BCUT2D eigenvalue weighted by Gasteiger charge is 2.21. The Kier molecular flexibility index (Phi) is 4.97. The maximum absolute atomic E-state index is 11.6. The fraction of sp³-hybridized carbons (Fsp3) is 0.583. The molecule has 0 atom stereocenters. The Morgan fingerprint density at radius 1 is 1.53 bits per heavy atom. The van der Waals surface area contributed by atoms with Gasteiger partial charge in [-0.15, -0.1) is 11.3 Å². The van der Waals surface area contributed by atoms with Gasteiger partial charge in [0.25, 0.3) is 0 Å². The van der Waals surface area contributed by atoms with E-state index in [-0.39, 0.29) is 9.33 Å². The minimum atomic E-state index is 0.0362. The second kappa shape index (κ2) is 5.67. The molecule has 17 heavy (non-hydrogen) atoms. The van der Waals surface area contributed by atoms with Crippen LogP contribution in [0.25, 0.3) is 0 Å². The van der Waals surface area contributed by atoms with E-state index in [4.69, 9.17) is 0 Å². The molecule has 0 saturated carbocycles. The lowest BCUT2D eigenvalue weighted by Gasteiger charge is -2.15. The molecule has 0 aromatic carbocycles. The lowest BCUT2D eigenvalue weighted by Crippen LogP contribution is -2.26. The first-order chi connectivity index (χ1) is 7.70. The van der Waals surface area contributed by atoms with Crippen molar-refractivity contribution in [1.29, 1.82) is 0 Å². The number of halogens is 1. The summed E-state index contributed by atoms with van der Waals surface area (Å²) in [5, 5.41) is 3.88. The van der Waals surface area contributed by atoms with Gasteiger partial charge in [-0.05, 0) is 46.5 Å². The summed E-state index contributed by atoms with van der Waals surface area (Å²) in [5.41, 5.74) is 1.24. The van der Waals surface area contributed by atoms with Gasteiger partial charge < -0.3 is 10.2 Å². The molecule has 1 aromatic rings. The van der Waals surface area contributed by atoms with E-state index in [1.807, 2.05) is 25.1 Å². The number of amides is 1. The van der Waals surface area contributed by atoms with Gasteiger partial charge >= 0.3 is 0 Å². The van der Waals surface area contributed by atoms with Crippen molar-refractivity contribution in [2.24, 2.45) is 0 Å². The summed E-state index contributed by atoms with van der Waals surface area (Å²) in [6.45, 7) is 6.86. The third-order valence-corrected chi connectivity index (χ3v) is 4.56. The van der Waals surface area contributed by atoms with E-state index in [0.29, 0.717) is 6.54 Å². The number of nitrogens with one attached hydrogen (secondary N) is 1. The average molecular weight is 366 g/mol. The highest BCUT2D eigenvalue weighted by atomic mass is 127. The van der Waals surface area contributed by atoms with E-state index in [1.165, 1.54) is 10.4 Å². The molecule has 96 valence electrons. The number of anilines is 1. The van der Waals surface area contributed by atoms with Gasteiger partial charge in [-0.3, -0.25) is 4.79 Å². The molecule has 3 nitrogen and oxygen atoms in total. The van der Waals surface area contributed by atoms with E-state index in [2.05, 4.69) is 48.7 Å². The first-order valence-electron chi connectivity index (χ1n) is 5.44. The fourth-order valence-corrected chi connectivity index (χ4v) is 3.44. The van der Waals surface area contributed by atoms with Crippen LogP contribution in [0.5, 0.6) is 0 Å². The van der Waals surface area contributed by atoms with Gasteiger partial charge in [0.1, 0.15) is 0 Å². The topological polar surface area (TPSA) is 32.3 Å². The van der Waals surface area contributed by atoms with Gasteiger partial charge in [0.2, 0.25) is 5.91 Å². The van der Waals surface area contributed by atoms with Gasteiger partial charge in [-0.25, -0.2) is 0 Å². The highest BCUT2D eigenvalue weighted by Crippen LogP contribution is 2.40. The van der Waals surface area contributed by atoms with Gasteiger partial charge in [0.15, 0.2) is 0 Å². The van der Waals surface area contributed by atoms with Crippen molar-refractivity contribution in [2.75, 3.05) is 26.0 Å². The molecule has 0 aliphatic heterocycles. The second-order valence-corrected chi connectivity index (χ2v) is 8.63. The van der Waals surface area contributed by atoms with Crippen LogP contribution < -0.4 is 5.32 Å². The molecule has 0 fully saturated rings. The number of carbonyl (C=O) groups excluding carboxylic acids is 1. The number of likely N-dealkylation sites (N-methyl/N-ethyl adjacent to an activating group) is 1. The smallest absolute Gasteiger partial charge is 0.239 e. The molecule has 1 rings (SSSR count). The molecule has 5 heteroatoms. The molecule has 0 spiro atoms. The first kappa shape index (κ1) is 14.9. The van der Waals surface area contributed by atoms with Crippen LogP contribution in [0.2, 0.25) is 0 Å². The minimum absolute atomic E-state index is 0.0362. The summed E-state index contributed by atoms with van der Waals surface area (Å²) in [6.07, 6.45) is 0. The summed E-state index contributed by atoms with van der Waals surface area (Å²) < 4.78 is 0.108. The Balaban J connectivity index is 2.78. The molecule has 0 saturated heterocycles. The van der Waals surface area contributed by atoms with Gasteiger partial charge in [-0.1, -0.05) is 22.6 Å². The second-order valence-electron chi connectivity index (χ2n) is 4.88. The summed E-state index contributed by atoms with van der Waals surface area (Å²) in [5.74, 6) is 0.0362. The van der Waals surface area contributed by atoms with Crippen molar-refractivity contribution in [1.82, 2.24) is 4.90 Å². The van der Waals surface area contributed by atoms with Crippen LogP contribution in [0.15, 0.2) is 6.07 Å². The number of carbonyl (C=O) groups is 1. The number of nitrogens with zero attached hydrogens (tertiary/aromatic N) is 1.